The van der Waals surface area contributed by atoms with Crippen molar-refractivity contribution in [2.45, 2.75) is 13.8 Å². The highest BCUT2D eigenvalue weighted by Gasteiger charge is 2.17. The molecule has 0 aliphatic carbocycles. The second-order valence-corrected chi connectivity index (χ2v) is 9.99. The van der Waals surface area contributed by atoms with Crippen molar-refractivity contribution in [3.63, 3.8) is 0 Å². The second kappa shape index (κ2) is 9.22. The quantitative estimate of drug-likeness (QED) is 0.265. The molecule has 0 saturated heterocycles. The van der Waals surface area contributed by atoms with Gasteiger partial charge in [0.1, 0.15) is 0 Å². The summed E-state index contributed by atoms with van der Waals surface area (Å²) in [6.07, 6.45) is 0. The minimum atomic E-state index is -0.137. The number of aryl methyl sites for hydroxylation is 1. The monoisotopic (exact) mass is 502 g/mol. The van der Waals surface area contributed by atoms with Crippen LogP contribution >= 0.6 is 11.3 Å². The van der Waals surface area contributed by atoms with Gasteiger partial charge in [-0.1, -0.05) is 72.3 Å². The fraction of sp³-hybridized carbons (Fsp3) is 0.0968. The summed E-state index contributed by atoms with van der Waals surface area (Å²) in [6, 6.07) is 33.0. The van der Waals surface area contributed by atoms with Crippen LogP contribution < -0.4 is 10.4 Å². The van der Waals surface area contributed by atoms with Gasteiger partial charge in [0, 0.05) is 23.7 Å². The molecule has 0 bridgehead atoms. The van der Waals surface area contributed by atoms with Gasteiger partial charge in [0.2, 0.25) is 0 Å². The van der Waals surface area contributed by atoms with Crippen LogP contribution in [0.25, 0.3) is 33.4 Å². The smallest absolute Gasteiger partial charge is 0.285 e. The lowest BCUT2D eigenvalue weighted by molar-refractivity contribution is 0.630. The molecule has 0 saturated carbocycles. The Balaban J connectivity index is 1.59. The van der Waals surface area contributed by atoms with Crippen molar-refractivity contribution < 1.29 is 0 Å². The minimum Gasteiger partial charge on any atom is -0.285 e. The Kier molecular flexibility index (Phi) is 5.74. The molecule has 5 nitrogen and oxygen atoms in total. The zero-order chi connectivity index (χ0) is 25.5. The number of hydrogen-bond donors (Lipinski definition) is 0. The summed E-state index contributed by atoms with van der Waals surface area (Å²) in [7, 11) is 1.89. The molecule has 0 unspecified atom stereocenters. The van der Waals surface area contributed by atoms with Crippen molar-refractivity contribution >= 4 is 27.8 Å². The van der Waals surface area contributed by atoms with Gasteiger partial charge in [0.15, 0.2) is 10.5 Å². The largest absolute Gasteiger partial charge is 0.297 e. The Labute approximate surface area is 218 Å². The molecule has 0 amide bonds. The van der Waals surface area contributed by atoms with Gasteiger partial charge in [-0.05, 0) is 55.0 Å². The van der Waals surface area contributed by atoms with Crippen molar-refractivity contribution in [2.75, 3.05) is 0 Å². The third-order valence-electron chi connectivity index (χ3n) is 6.78. The van der Waals surface area contributed by atoms with Crippen LogP contribution in [-0.2, 0) is 7.05 Å². The average molecular weight is 503 g/mol. The van der Waals surface area contributed by atoms with E-state index >= 15 is 0 Å². The number of rotatable bonds is 4. The third kappa shape index (κ3) is 4.05. The molecule has 0 atom stereocenters. The molecule has 6 aromatic rings. The zero-order valence-electron chi connectivity index (χ0n) is 20.9. The van der Waals surface area contributed by atoms with E-state index in [0.717, 1.165) is 33.1 Å². The van der Waals surface area contributed by atoms with Crippen molar-refractivity contribution in [1.82, 2.24) is 13.9 Å². The second-order valence-electron chi connectivity index (χ2n) is 9.16. The van der Waals surface area contributed by atoms with Crippen LogP contribution in [0.4, 0.5) is 5.69 Å². The molecular weight excluding hydrogens is 476 g/mol. The average Bonchev–Trinajstić information content (AvgIpc) is 3.44. The van der Waals surface area contributed by atoms with Crippen LogP contribution in [0.2, 0.25) is 0 Å². The first-order valence-electron chi connectivity index (χ1n) is 12.2. The summed E-state index contributed by atoms with van der Waals surface area (Å²) in [5.41, 5.74) is 6.26. The first kappa shape index (κ1) is 23.0. The fourth-order valence-electron chi connectivity index (χ4n) is 4.66. The van der Waals surface area contributed by atoms with Gasteiger partial charge in [-0.15, -0.1) is 11.3 Å². The first-order valence-corrected chi connectivity index (χ1v) is 13.0. The van der Waals surface area contributed by atoms with E-state index in [-0.39, 0.29) is 5.56 Å². The Morgan fingerprint density at radius 3 is 2.22 bits per heavy atom. The summed E-state index contributed by atoms with van der Waals surface area (Å²) in [4.78, 5) is 19.3. The number of thiazole rings is 1. The van der Waals surface area contributed by atoms with Gasteiger partial charge in [0.25, 0.3) is 5.56 Å². The van der Waals surface area contributed by atoms with Crippen molar-refractivity contribution in [1.29, 1.82) is 0 Å². The van der Waals surface area contributed by atoms with E-state index in [0.29, 0.717) is 5.69 Å². The van der Waals surface area contributed by atoms with Crippen LogP contribution in [0, 0.1) is 13.8 Å². The lowest BCUT2D eigenvalue weighted by atomic mass is 10.1. The van der Waals surface area contributed by atoms with Gasteiger partial charge < -0.3 is 0 Å². The van der Waals surface area contributed by atoms with Crippen molar-refractivity contribution in [2.24, 2.45) is 12.0 Å². The van der Waals surface area contributed by atoms with E-state index < -0.39 is 0 Å². The maximum atomic E-state index is 13.6. The highest BCUT2D eigenvalue weighted by Crippen LogP contribution is 2.28. The van der Waals surface area contributed by atoms with Gasteiger partial charge in [-0.3, -0.25) is 14.0 Å². The summed E-state index contributed by atoms with van der Waals surface area (Å²) in [5, 5.41) is 4.51. The van der Waals surface area contributed by atoms with Crippen molar-refractivity contribution in [3.05, 3.63) is 129 Å². The molecule has 37 heavy (non-hydrogen) atoms. The normalized spacial score (nSPS) is 11.9. The Hall–Kier alpha value is -4.42. The molecule has 0 aliphatic heterocycles. The molecule has 0 N–H and O–H groups in total. The molecule has 2 heterocycles. The molecule has 0 aliphatic rings. The summed E-state index contributed by atoms with van der Waals surface area (Å²) in [6.45, 7) is 4.02. The highest BCUT2D eigenvalue weighted by atomic mass is 32.1. The molecular formula is C31H26N4OS. The number of aromatic nitrogens is 3. The number of nitrogens with zero attached hydrogens (tertiary/aromatic N) is 4. The van der Waals surface area contributed by atoms with Crippen LogP contribution in [-0.4, -0.2) is 13.9 Å². The summed E-state index contributed by atoms with van der Waals surface area (Å²) >= 11 is 1.54. The van der Waals surface area contributed by atoms with Gasteiger partial charge in [-0.2, -0.15) is 0 Å². The Morgan fingerprint density at radius 2 is 1.46 bits per heavy atom. The molecule has 4 aromatic carbocycles. The van der Waals surface area contributed by atoms with Crippen LogP contribution in [0.3, 0.4) is 0 Å². The molecule has 0 spiro atoms. The molecule has 0 fully saturated rings. The van der Waals surface area contributed by atoms with E-state index in [1.807, 2.05) is 49.0 Å². The van der Waals surface area contributed by atoms with Gasteiger partial charge in [-0.25, -0.2) is 9.67 Å². The number of benzene rings is 4. The van der Waals surface area contributed by atoms with Crippen LogP contribution in [0.15, 0.2) is 112 Å². The molecule has 182 valence electrons. The van der Waals surface area contributed by atoms with E-state index in [2.05, 4.69) is 83.6 Å². The van der Waals surface area contributed by atoms with E-state index in [4.69, 9.17) is 4.99 Å². The third-order valence-corrected chi connectivity index (χ3v) is 7.60. The molecule has 6 heteroatoms. The fourth-order valence-corrected chi connectivity index (χ4v) is 5.57. The maximum absolute atomic E-state index is 13.6. The first-order chi connectivity index (χ1) is 18.0. The van der Waals surface area contributed by atoms with Crippen LogP contribution in [0.5, 0.6) is 0 Å². The molecule has 2 aromatic heterocycles. The predicted molar refractivity (Wildman–Crippen MR) is 152 cm³/mol. The zero-order valence-corrected chi connectivity index (χ0v) is 21.7. The number of para-hydroxylation sites is 1. The lowest BCUT2D eigenvalue weighted by Crippen LogP contribution is -2.20. The Morgan fingerprint density at radius 1 is 0.757 bits per heavy atom. The maximum Gasteiger partial charge on any atom is 0.297 e. The Bertz CT molecular complexity index is 1870. The number of fused-ring (bicyclic) bond motifs is 1. The lowest BCUT2D eigenvalue weighted by Gasteiger charge is -2.10. The number of hydrogen-bond acceptors (Lipinski definition) is 3. The standard InChI is InChI=1S/C31H26N4OS/c1-21-13-17-26(18-14-21)34-28(25-16-15-23-9-7-8-10-24(23)19-25)20-37-31(34)32-29-22(2)33(3)35(30(29)36)27-11-5-4-6-12-27/h4-20H,1-3H3. The SMILES string of the molecule is Cc1ccc(-n2c(-c3ccc4ccccc4c3)csc2=Nc2c(C)n(C)n(-c3ccccc3)c2=O)cc1. The highest BCUT2D eigenvalue weighted by molar-refractivity contribution is 7.07. The predicted octanol–water partition coefficient (Wildman–Crippen LogP) is 6.70. The summed E-state index contributed by atoms with van der Waals surface area (Å²) < 4.78 is 5.68. The van der Waals surface area contributed by atoms with E-state index in [9.17, 15) is 4.79 Å². The molecule has 0 radical (unpaired) electrons. The van der Waals surface area contributed by atoms with E-state index in [1.165, 1.54) is 27.7 Å². The van der Waals surface area contributed by atoms with Crippen molar-refractivity contribution in [3.8, 4) is 22.6 Å². The minimum absolute atomic E-state index is 0.137. The topological polar surface area (TPSA) is 44.2 Å². The van der Waals surface area contributed by atoms with Gasteiger partial charge in [0.05, 0.1) is 17.1 Å². The van der Waals surface area contributed by atoms with E-state index in [1.54, 1.807) is 4.68 Å². The van der Waals surface area contributed by atoms with Gasteiger partial charge >= 0.3 is 0 Å². The summed E-state index contributed by atoms with van der Waals surface area (Å²) in [5.74, 6) is 0. The molecule has 6 rings (SSSR count). The van der Waals surface area contributed by atoms with Crippen LogP contribution in [0.1, 0.15) is 11.3 Å².